The smallest absolute Gasteiger partial charge is 0.123 e. The summed E-state index contributed by atoms with van der Waals surface area (Å²) in [5.41, 5.74) is 7.27. The number of likely N-dealkylation sites (N-methyl/N-ethyl adjacent to an activating group) is 1. The minimum absolute atomic E-state index is 0.199. The summed E-state index contributed by atoms with van der Waals surface area (Å²) in [6.07, 6.45) is 0. The Morgan fingerprint density at radius 2 is 2.14 bits per heavy atom. The molecule has 1 aromatic rings. The van der Waals surface area contributed by atoms with Crippen LogP contribution in [0.15, 0.2) is 22.7 Å². The molecule has 1 heterocycles. The lowest BCUT2D eigenvalue weighted by molar-refractivity contribution is 0.216. The SMILES string of the molecule is COc1ccc(Br)cc1C(CN)N1CC(C)C(N(C)C)C1. The molecule has 0 amide bonds. The molecular weight excluding hydrogens is 330 g/mol. The van der Waals surface area contributed by atoms with E-state index >= 15 is 0 Å². The number of rotatable bonds is 5. The third-order valence-corrected chi connectivity index (χ3v) is 4.97. The van der Waals surface area contributed by atoms with Gasteiger partial charge in [-0.25, -0.2) is 0 Å². The molecular formula is C16H26BrN3O. The first-order valence-electron chi connectivity index (χ1n) is 7.42. The Hall–Kier alpha value is -0.620. The molecule has 1 saturated heterocycles. The molecule has 0 saturated carbocycles. The number of halogens is 1. The quantitative estimate of drug-likeness (QED) is 0.879. The largest absolute Gasteiger partial charge is 0.496 e. The summed E-state index contributed by atoms with van der Waals surface area (Å²) in [7, 11) is 6.03. The molecule has 0 spiro atoms. The molecule has 0 aliphatic carbocycles. The second kappa shape index (κ2) is 7.09. The molecule has 21 heavy (non-hydrogen) atoms. The zero-order valence-electron chi connectivity index (χ0n) is 13.3. The number of hydrogen-bond acceptors (Lipinski definition) is 4. The summed E-state index contributed by atoms with van der Waals surface area (Å²) >= 11 is 3.56. The summed E-state index contributed by atoms with van der Waals surface area (Å²) in [5.74, 6) is 1.56. The van der Waals surface area contributed by atoms with Crippen molar-refractivity contribution in [1.82, 2.24) is 9.80 Å². The predicted molar refractivity (Wildman–Crippen MR) is 90.7 cm³/mol. The van der Waals surface area contributed by atoms with Crippen LogP contribution in [-0.4, -0.2) is 56.7 Å². The maximum atomic E-state index is 6.10. The second-order valence-corrected chi connectivity index (χ2v) is 7.02. The van der Waals surface area contributed by atoms with Gasteiger partial charge in [0.25, 0.3) is 0 Å². The van der Waals surface area contributed by atoms with E-state index in [-0.39, 0.29) is 6.04 Å². The van der Waals surface area contributed by atoms with Crippen molar-refractivity contribution in [3.8, 4) is 5.75 Å². The maximum absolute atomic E-state index is 6.10. The van der Waals surface area contributed by atoms with Crippen LogP contribution in [0.2, 0.25) is 0 Å². The molecule has 3 unspecified atom stereocenters. The lowest BCUT2D eigenvalue weighted by Gasteiger charge is -2.29. The molecule has 2 rings (SSSR count). The average molecular weight is 356 g/mol. The lowest BCUT2D eigenvalue weighted by Crippen LogP contribution is -2.36. The zero-order chi connectivity index (χ0) is 15.6. The summed E-state index contributed by atoms with van der Waals surface area (Å²) in [5, 5.41) is 0. The van der Waals surface area contributed by atoms with Crippen LogP contribution in [0.3, 0.4) is 0 Å². The van der Waals surface area contributed by atoms with Crippen molar-refractivity contribution in [2.45, 2.75) is 19.0 Å². The van der Waals surface area contributed by atoms with Gasteiger partial charge in [-0.2, -0.15) is 0 Å². The maximum Gasteiger partial charge on any atom is 0.123 e. The molecule has 2 N–H and O–H groups in total. The Kier molecular flexibility index (Phi) is 5.66. The highest BCUT2D eigenvalue weighted by atomic mass is 79.9. The van der Waals surface area contributed by atoms with Gasteiger partial charge in [0.05, 0.1) is 13.2 Å². The van der Waals surface area contributed by atoms with Crippen molar-refractivity contribution in [2.75, 3.05) is 40.8 Å². The summed E-state index contributed by atoms with van der Waals surface area (Å²) in [6, 6.07) is 6.92. The van der Waals surface area contributed by atoms with Gasteiger partial charge in [0.15, 0.2) is 0 Å². The lowest BCUT2D eigenvalue weighted by atomic mass is 10.0. The molecule has 1 aromatic carbocycles. The normalized spacial score (nSPS) is 24.5. The van der Waals surface area contributed by atoms with Gasteiger partial charge in [-0.1, -0.05) is 22.9 Å². The van der Waals surface area contributed by atoms with Crippen LogP contribution in [0.1, 0.15) is 18.5 Å². The first kappa shape index (κ1) is 16.7. The second-order valence-electron chi connectivity index (χ2n) is 6.10. The van der Waals surface area contributed by atoms with Crippen molar-refractivity contribution in [3.05, 3.63) is 28.2 Å². The summed E-state index contributed by atoms with van der Waals surface area (Å²) in [4.78, 5) is 4.80. The van der Waals surface area contributed by atoms with Crippen molar-refractivity contribution >= 4 is 15.9 Å². The fourth-order valence-electron chi connectivity index (χ4n) is 3.35. The number of nitrogens with zero attached hydrogens (tertiary/aromatic N) is 2. The van der Waals surface area contributed by atoms with Gasteiger partial charge < -0.3 is 15.4 Å². The summed E-state index contributed by atoms with van der Waals surface area (Å²) < 4.78 is 6.59. The summed E-state index contributed by atoms with van der Waals surface area (Å²) in [6.45, 7) is 5.03. The van der Waals surface area contributed by atoms with E-state index in [0.717, 1.165) is 23.3 Å². The molecule has 0 bridgehead atoms. The van der Waals surface area contributed by atoms with Crippen LogP contribution in [-0.2, 0) is 0 Å². The predicted octanol–water partition coefficient (Wildman–Crippen LogP) is 2.34. The van der Waals surface area contributed by atoms with E-state index < -0.39 is 0 Å². The van der Waals surface area contributed by atoms with Gasteiger partial charge in [0.1, 0.15) is 5.75 Å². The molecule has 1 aliphatic rings. The van der Waals surface area contributed by atoms with Crippen LogP contribution in [0.25, 0.3) is 0 Å². The Morgan fingerprint density at radius 3 is 2.67 bits per heavy atom. The van der Waals surface area contributed by atoms with Crippen LogP contribution in [0.4, 0.5) is 0 Å². The highest BCUT2D eigenvalue weighted by molar-refractivity contribution is 9.10. The molecule has 118 valence electrons. The van der Waals surface area contributed by atoms with E-state index in [4.69, 9.17) is 10.5 Å². The molecule has 0 aromatic heterocycles. The number of ether oxygens (including phenoxy) is 1. The topological polar surface area (TPSA) is 41.7 Å². The minimum Gasteiger partial charge on any atom is -0.496 e. The Morgan fingerprint density at radius 1 is 1.43 bits per heavy atom. The van der Waals surface area contributed by atoms with Crippen molar-refractivity contribution in [3.63, 3.8) is 0 Å². The standard InChI is InChI=1S/C16H26BrN3O/c1-11-9-20(10-15(11)19(2)3)14(8-18)13-7-12(17)5-6-16(13)21-4/h5-7,11,14-15H,8-10,18H2,1-4H3. The molecule has 1 fully saturated rings. The van der Waals surface area contributed by atoms with Gasteiger partial charge in [-0.15, -0.1) is 0 Å². The Bertz CT molecular complexity index is 481. The average Bonchev–Trinajstić information content (AvgIpc) is 2.82. The van der Waals surface area contributed by atoms with E-state index in [1.807, 2.05) is 12.1 Å². The molecule has 1 aliphatic heterocycles. The fraction of sp³-hybridized carbons (Fsp3) is 0.625. The molecule has 4 nitrogen and oxygen atoms in total. The van der Waals surface area contributed by atoms with E-state index in [1.165, 1.54) is 5.56 Å². The molecule has 3 atom stereocenters. The fourth-order valence-corrected chi connectivity index (χ4v) is 3.73. The van der Waals surface area contributed by atoms with Crippen LogP contribution >= 0.6 is 15.9 Å². The number of likely N-dealkylation sites (tertiary alicyclic amines) is 1. The van der Waals surface area contributed by atoms with E-state index in [1.54, 1.807) is 7.11 Å². The first-order valence-corrected chi connectivity index (χ1v) is 8.21. The van der Waals surface area contributed by atoms with Crippen molar-refractivity contribution in [2.24, 2.45) is 11.7 Å². The van der Waals surface area contributed by atoms with E-state index in [0.29, 0.717) is 18.5 Å². The molecule has 5 heteroatoms. The number of benzene rings is 1. The highest BCUT2D eigenvalue weighted by Gasteiger charge is 2.35. The van der Waals surface area contributed by atoms with Crippen molar-refractivity contribution < 1.29 is 4.74 Å². The van der Waals surface area contributed by atoms with Crippen LogP contribution in [0, 0.1) is 5.92 Å². The Balaban J connectivity index is 2.27. The van der Waals surface area contributed by atoms with Gasteiger partial charge in [0.2, 0.25) is 0 Å². The van der Waals surface area contributed by atoms with Gasteiger partial charge in [-0.05, 0) is 38.2 Å². The molecule has 0 radical (unpaired) electrons. The third kappa shape index (κ3) is 3.59. The Labute approximate surface area is 136 Å². The van der Waals surface area contributed by atoms with Gasteiger partial charge in [0, 0.05) is 35.7 Å². The zero-order valence-corrected chi connectivity index (χ0v) is 14.9. The van der Waals surface area contributed by atoms with E-state index in [9.17, 15) is 0 Å². The monoisotopic (exact) mass is 355 g/mol. The van der Waals surface area contributed by atoms with Crippen LogP contribution < -0.4 is 10.5 Å². The number of hydrogen-bond donors (Lipinski definition) is 1. The minimum atomic E-state index is 0.199. The number of nitrogens with two attached hydrogens (primary N) is 1. The third-order valence-electron chi connectivity index (χ3n) is 4.48. The highest BCUT2D eigenvalue weighted by Crippen LogP contribution is 2.35. The number of methoxy groups -OCH3 is 1. The van der Waals surface area contributed by atoms with Gasteiger partial charge in [-0.3, -0.25) is 4.90 Å². The first-order chi connectivity index (χ1) is 9.97. The van der Waals surface area contributed by atoms with Crippen LogP contribution in [0.5, 0.6) is 5.75 Å². The van der Waals surface area contributed by atoms with Crippen molar-refractivity contribution in [1.29, 1.82) is 0 Å². The van der Waals surface area contributed by atoms with Gasteiger partial charge >= 0.3 is 0 Å². The van der Waals surface area contributed by atoms with E-state index in [2.05, 4.69) is 52.8 Å².